The molecule has 0 radical (unpaired) electrons. The van der Waals surface area contributed by atoms with Crippen LogP contribution in [-0.4, -0.2) is 16.0 Å². The molecule has 3 N–H and O–H groups in total. The maximum absolute atomic E-state index is 11.9. The van der Waals surface area contributed by atoms with Gasteiger partial charge in [0.05, 0.1) is 0 Å². The fourth-order valence-corrected chi connectivity index (χ4v) is 1.49. The number of rotatable bonds is 4. The summed E-state index contributed by atoms with van der Waals surface area (Å²) in [5.74, 6) is 0.0789. The molecule has 0 spiro atoms. The third-order valence-corrected chi connectivity index (χ3v) is 2.52. The highest BCUT2D eigenvalue weighted by molar-refractivity contribution is 6.06. The highest BCUT2D eigenvalue weighted by Gasteiger charge is 2.09. The summed E-state index contributed by atoms with van der Waals surface area (Å²) < 4.78 is 0. The van der Waals surface area contributed by atoms with Gasteiger partial charge in [0, 0.05) is 18.1 Å². The van der Waals surface area contributed by atoms with Gasteiger partial charge in [-0.15, -0.1) is 0 Å². The van der Waals surface area contributed by atoms with Crippen molar-refractivity contribution in [1.82, 2.24) is 4.98 Å². The van der Waals surface area contributed by atoms with Gasteiger partial charge in [0.25, 0.3) is 5.91 Å². The highest BCUT2D eigenvalue weighted by Crippen LogP contribution is 2.14. The van der Waals surface area contributed by atoms with Crippen molar-refractivity contribution in [2.45, 2.75) is 0 Å². The lowest BCUT2D eigenvalue weighted by atomic mass is 10.2. The van der Waals surface area contributed by atoms with Crippen molar-refractivity contribution in [3.63, 3.8) is 0 Å². The van der Waals surface area contributed by atoms with E-state index in [-0.39, 0.29) is 11.3 Å². The molecule has 2 rings (SSSR count). The average molecular weight is 280 g/mol. The molecule has 0 unspecified atom stereocenters. The number of hydrogen-bond donors (Lipinski definition) is 3. The van der Waals surface area contributed by atoms with Crippen LogP contribution < -0.4 is 10.6 Å². The fourth-order valence-electron chi connectivity index (χ4n) is 1.49. The Kier molecular flexibility index (Phi) is 4.51. The number of phenols is 1. The molecular formula is C15H12N4O2. The van der Waals surface area contributed by atoms with Crippen molar-refractivity contribution < 1.29 is 9.90 Å². The molecule has 2 aromatic rings. The van der Waals surface area contributed by atoms with Gasteiger partial charge in [0.15, 0.2) is 0 Å². The zero-order valence-corrected chi connectivity index (χ0v) is 10.9. The lowest BCUT2D eigenvalue weighted by molar-refractivity contribution is -0.112. The first kappa shape index (κ1) is 14.1. The molecule has 0 saturated heterocycles. The number of benzene rings is 1. The molecule has 1 amide bonds. The Morgan fingerprint density at radius 2 is 2.00 bits per heavy atom. The molecule has 6 nitrogen and oxygen atoms in total. The van der Waals surface area contributed by atoms with Crippen molar-refractivity contribution in [2.24, 2.45) is 0 Å². The minimum absolute atomic E-state index is 0.0891. The number of phenolic OH excluding ortho intramolecular Hbond substituents is 1. The van der Waals surface area contributed by atoms with Crippen LogP contribution in [0.15, 0.2) is 60.4 Å². The molecule has 1 aromatic carbocycles. The van der Waals surface area contributed by atoms with Crippen LogP contribution in [0.5, 0.6) is 5.75 Å². The summed E-state index contributed by atoms with van der Waals surface area (Å²) in [5, 5.41) is 23.5. The predicted octanol–water partition coefficient (Wildman–Crippen LogP) is 2.25. The van der Waals surface area contributed by atoms with E-state index < -0.39 is 5.91 Å². The van der Waals surface area contributed by atoms with E-state index in [1.165, 1.54) is 30.5 Å². The SMILES string of the molecule is N#C/C(=C/Nc1ccccn1)C(=O)Nc1ccc(O)cc1. The van der Waals surface area contributed by atoms with Crippen LogP contribution >= 0.6 is 0 Å². The molecule has 0 atom stereocenters. The van der Waals surface area contributed by atoms with E-state index in [2.05, 4.69) is 15.6 Å². The summed E-state index contributed by atoms with van der Waals surface area (Å²) in [5.41, 5.74) is 0.394. The van der Waals surface area contributed by atoms with Crippen LogP contribution in [0.4, 0.5) is 11.5 Å². The van der Waals surface area contributed by atoms with Crippen molar-refractivity contribution in [2.75, 3.05) is 10.6 Å². The summed E-state index contributed by atoms with van der Waals surface area (Å²) in [7, 11) is 0. The standard InChI is InChI=1S/C15H12N4O2/c16-9-11(10-18-14-3-1-2-8-17-14)15(21)19-12-4-6-13(20)7-5-12/h1-8,10,20H,(H,17,18)(H,19,21)/b11-10-. The van der Waals surface area contributed by atoms with E-state index in [4.69, 9.17) is 10.4 Å². The summed E-state index contributed by atoms with van der Waals surface area (Å²) in [6.45, 7) is 0. The number of pyridine rings is 1. The van der Waals surface area contributed by atoms with Gasteiger partial charge in [0.1, 0.15) is 23.2 Å². The Morgan fingerprint density at radius 3 is 2.62 bits per heavy atom. The molecule has 104 valence electrons. The molecule has 0 aliphatic carbocycles. The zero-order chi connectivity index (χ0) is 15.1. The second kappa shape index (κ2) is 6.73. The molecule has 0 saturated carbocycles. The van der Waals surface area contributed by atoms with E-state index in [1.807, 2.05) is 6.07 Å². The molecule has 0 aliphatic heterocycles. The minimum Gasteiger partial charge on any atom is -0.508 e. The lowest BCUT2D eigenvalue weighted by Gasteiger charge is -2.05. The van der Waals surface area contributed by atoms with Gasteiger partial charge >= 0.3 is 0 Å². The van der Waals surface area contributed by atoms with Gasteiger partial charge < -0.3 is 15.7 Å². The highest BCUT2D eigenvalue weighted by atomic mass is 16.3. The van der Waals surface area contributed by atoms with Gasteiger partial charge in [-0.1, -0.05) is 6.07 Å². The third kappa shape index (κ3) is 4.08. The first-order valence-electron chi connectivity index (χ1n) is 6.07. The monoisotopic (exact) mass is 280 g/mol. The predicted molar refractivity (Wildman–Crippen MR) is 78.3 cm³/mol. The van der Waals surface area contributed by atoms with Crippen LogP contribution in [0.25, 0.3) is 0 Å². The number of nitrogens with one attached hydrogen (secondary N) is 2. The van der Waals surface area contributed by atoms with Gasteiger partial charge in [-0.3, -0.25) is 4.79 Å². The first-order valence-corrected chi connectivity index (χ1v) is 6.07. The molecular weight excluding hydrogens is 268 g/mol. The number of nitrogens with zero attached hydrogens (tertiary/aromatic N) is 2. The lowest BCUT2D eigenvalue weighted by Crippen LogP contribution is -2.14. The molecule has 1 heterocycles. The van der Waals surface area contributed by atoms with E-state index >= 15 is 0 Å². The number of anilines is 2. The van der Waals surface area contributed by atoms with E-state index in [0.717, 1.165) is 0 Å². The van der Waals surface area contributed by atoms with Gasteiger partial charge in [-0.2, -0.15) is 5.26 Å². The van der Waals surface area contributed by atoms with Crippen LogP contribution in [0.2, 0.25) is 0 Å². The second-order valence-electron chi connectivity index (χ2n) is 4.03. The molecule has 0 fully saturated rings. The maximum atomic E-state index is 11.9. The fraction of sp³-hybridized carbons (Fsp3) is 0. The topological polar surface area (TPSA) is 98.0 Å². The number of aromatic nitrogens is 1. The molecule has 0 bridgehead atoms. The Balaban J connectivity index is 2.05. The first-order chi connectivity index (χ1) is 10.2. The van der Waals surface area contributed by atoms with E-state index in [1.54, 1.807) is 24.4 Å². The molecule has 21 heavy (non-hydrogen) atoms. The number of carbonyl (C=O) groups is 1. The molecule has 6 heteroatoms. The minimum atomic E-state index is -0.549. The second-order valence-corrected chi connectivity index (χ2v) is 4.03. The van der Waals surface area contributed by atoms with Crippen molar-refractivity contribution in [1.29, 1.82) is 5.26 Å². The van der Waals surface area contributed by atoms with Crippen molar-refractivity contribution in [3.8, 4) is 11.8 Å². The maximum Gasteiger partial charge on any atom is 0.267 e. The van der Waals surface area contributed by atoms with E-state index in [0.29, 0.717) is 11.5 Å². The Labute approximate surface area is 121 Å². The number of aromatic hydroxyl groups is 1. The van der Waals surface area contributed by atoms with Crippen molar-refractivity contribution in [3.05, 3.63) is 60.4 Å². The summed E-state index contributed by atoms with van der Waals surface area (Å²) in [6.07, 6.45) is 2.89. The number of nitriles is 1. The Hall–Kier alpha value is -3.33. The van der Waals surface area contributed by atoms with Gasteiger partial charge in [-0.05, 0) is 36.4 Å². The summed E-state index contributed by atoms with van der Waals surface area (Å²) in [4.78, 5) is 15.9. The number of hydrogen-bond acceptors (Lipinski definition) is 5. The molecule has 0 aliphatic rings. The normalized spacial score (nSPS) is 10.5. The van der Waals surface area contributed by atoms with Crippen LogP contribution in [-0.2, 0) is 4.79 Å². The smallest absolute Gasteiger partial charge is 0.267 e. The van der Waals surface area contributed by atoms with Crippen molar-refractivity contribution >= 4 is 17.4 Å². The summed E-state index contributed by atoms with van der Waals surface area (Å²) >= 11 is 0. The van der Waals surface area contributed by atoms with Crippen LogP contribution in [0, 0.1) is 11.3 Å². The van der Waals surface area contributed by atoms with Gasteiger partial charge in [-0.25, -0.2) is 4.98 Å². The van der Waals surface area contributed by atoms with E-state index in [9.17, 15) is 4.79 Å². The zero-order valence-electron chi connectivity index (χ0n) is 10.9. The average Bonchev–Trinajstić information content (AvgIpc) is 2.51. The molecule has 1 aromatic heterocycles. The summed E-state index contributed by atoms with van der Waals surface area (Å²) in [6, 6.07) is 13.0. The van der Waals surface area contributed by atoms with Gasteiger partial charge in [0.2, 0.25) is 0 Å². The number of carbonyl (C=O) groups excluding carboxylic acids is 1. The van der Waals surface area contributed by atoms with Crippen LogP contribution in [0.1, 0.15) is 0 Å². The Morgan fingerprint density at radius 1 is 1.24 bits per heavy atom. The third-order valence-electron chi connectivity index (χ3n) is 2.52. The Bertz CT molecular complexity index is 688. The quantitative estimate of drug-likeness (QED) is 0.453. The number of amides is 1. The largest absolute Gasteiger partial charge is 0.508 e. The van der Waals surface area contributed by atoms with Crippen LogP contribution in [0.3, 0.4) is 0 Å².